The van der Waals surface area contributed by atoms with Crippen LogP contribution in [0.2, 0.25) is 0 Å². The molecule has 5 heterocycles. The number of pyridine rings is 1. The van der Waals surface area contributed by atoms with Gasteiger partial charge in [-0.2, -0.15) is 4.98 Å². The Morgan fingerprint density at radius 3 is 2.30 bits per heavy atom. The Hall–Kier alpha value is -7.97. The smallest absolute Gasteiger partial charge is 0.257 e. The van der Waals surface area contributed by atoms with Gasteiger partial charge in [0.15, 0.2) is 5.65 Å². The third-order valence-electron chi connectivity index (χ3n) is 14.7. The van der Waals surface area contributed by atoms with Gasteiger partial charge in [0.2, 0.25) is 35.5 Å². The van der Waals surface area contributed by atoms with Crippen LogP contribution in [0.1, 0.15) is 95.4 Å². The van der Waals surface area contributed by atoms with Crippen LogP contribution in [0.3, 0.4) is 0 Å². The highest BCUT2D eigenvalue weighted by Crippen LogP contribution is 2.34. The van der Waals surface area contributed by atoms with E-state index in [0.717, 1.165) is 65.1 Å². The summed E-state index contributed by atoms with van der Waals surface area (Å²) in [5.74, 6) is -0.372. The van der Waals surface area contributed by atoms with Crippen molar-refractivity contribution in [3.05, 3.63) is 124 Å². The second-order valence-corrected chi connectivity index (χ2v) is 22.5. The molecule has 0 saturated carbocycles. The summed E-state index contributed by atoms with van der Waals surface area (Å²) in [6.45, 7) is 15.7. The highest BCUT2D eigenvalue weighted by atomic mass is 32.1. The number of aliphatic hydroxyl groups excluding tert-OH is 1. The normalized spacial score (nSPS) is 15.8. The molecule has 19 nitrogen and oxygen atoms in total. The van der Waals surface area contributed by atoms with Crippen LogP contribution in [-0.4, -0.2) is 122 Å². The van der Waals surface area contributed by atoms with Gasteiger partial charge in [-0.3, -0.25) is 33.3 Å². The summed E-state index contributed by atoms with van der Waals surface area (Å²) in [4.78, 5) is 99.9. The summed E-state index contributed by atoms with van der Waals surface area (Å²) < 4.78 is 7.29. The molecule has 2 saturated heterocycles. The maximum Gasteiger partial charge on any atom is 0.257 e. The number of thiazole rings is 1. The molecule has 0 radical (unpaired) electrons. The van der Waals surface area contributed by atoms with Crippen molar-refractivity contribution in [1.82, 2.24) is 40.0 Å². The first-order chi connectivity index (χ1) is 38.4. The average molecular weight is 1110 g/mol. The highest BCUT2D eigenvalue weighted by molar-refractivity contribution is 7.13. The second kappa shape index (κ2) is 26.3. The zero-order valence-corrected chi connectivity index (χ0v) is 47.4. The number of nitrogens with zero attached hydrogens (tertiary/aromatic N) is 7. The average Bonchev–Trinajstić information content (AvgIpc) is 4.09. The molecule has 8 rings (SSSR count). The van der Waals surface area contributed by atoms with Gasteiger partial charge in [0.05, 0.1) is 40.7 Å². The fourth-order valence-electron chi connectivity index (χ4n) is 10.2. The minimum absolute atomic E-state index is 0.0112. The number of carbonyl (C=O) groups is 5. The van der Waals surface area contributed by atoms with E-state index in [4.69, 9.17) is 9.72 Å². The van der Waals surface area contributed by atoms with Crippen LogP contribution in [-0.2, 0) is 30.5 Å². The maximum absolute atomic E-state index is 14.1. The van der Waals surface area contributed by atoms with Gasteiger partial charge in [-0.05, 0) is 85.2 Å². The van der Waals surface area contributed by atoms with Gasteiger partial charge in [0, 0.05) is 93.6 Å². The number of carbonyl (C=O) groups excluding carboxylic acids is 5. The zero-order chi connectivity index (χ0) is 57.1. The maximum atomic E-state index is 14.1. The molecule has 2 aliphatic heterocycles. The number of unbranched alkanes of at least 4 members (excludes halogenated alkanes) is 5. The van der Waals surface area contributed by atoms with Crippen molar-refractivity contribution in [2.75, 3.05) is 55.4 Å². The Morgan fingerprint density at radius 2 is 1.61 bits per heavy atom. The summed E-state index contributed by atoms with van der Waals surface area (Å²) in [5.41, 5.74) is 7.50. The quantitative estimate of drug-likeness (QED) is 0.0321. The molecule has 20 heteroatoms. The number of likely N-dealkylation sites (tertiary alicyclic amines) is 1. The number of aryl methyl sites for hydroxylation is 2. The molecule has 2 fully saturated rings. The largest absolute Gasteiger partial charge is 0.494 e. The van der Waals surface area contributed by atoms with Crippen molar-refractivity contribution in [3.8, 4) is 21.9 Å². The fraction of sp³-hybridized carbons (Fsp3) is 0.417. The number of anilines is 4. The van der Waals surface area contributed by atoms with Crippen molar-refractivity contribution in [1.29, 1.82) is 0 Å². The topological polar surface area (TPSA) is 233 Å². The minimum Gasteiger partial charge on any atom is -0.494 e. The zero-order valence-electron chi connectivity index (χ0n) is 46.5. The van der Waals surface area contributed by atoms with Gasteiger partial charge in [0.1, 0.15) is 17.8 Å². The first kappa shape index (κ1) is 58.2. The van der Waals surface area contributed by atoms with Crippen molar-refractivity contribution in [3.63, 3.8) is 0 Å². The number of aliphatic hydroxyl groups is 1. The minimum atomic E-state index is -0.884. The second-order valence-electron chi connectivity index (χ2n) is 21.6. The van der Waals surface area contributed by atoms with Crippen molar-refractivity contribution in [2.24, 2.45) is 5.41 Å². The number of rotatable bonds is 22. The van der Waals surface area contributed by atoms with Gasteiger partial charge < -0.3 is 45.8 Å². The van der Waals surface area contributed by atoms with Crippen molar-refractivity contribution in [2.45, 2.75) is 117 Å². The third-order valence-corrected chi connectivity index (χ3v) is 15.7. The van der Waals surface area contributed by atoms with Crippen LogP contribution in [0.15, 0.2) is 102 Å². The highest BCUT2D eigenvalue weighted by Gasteiger charge is 2.44. The molecular weight excluding hydrogens is 1030 g/mol. The Kier molecular flexibility index (Phi) is 19.1. The molecule has 0 bridgehead atoms. The lowest BCUT2D eigenvalue weighted by molar-refractivity contribution is -0.144. The van der Waals surface area contributed by atoms with E-state index in [1.54, 1.807) is 48.9 Å². The summed E-state index contributed by atoms with van der Waals surface area (Å²) in [6.07, 6.45) is 7.89. The molecule has 5 amide bonds. The Balaban J connectivity index is 0.741. The van der Waals surface area contributed by atoms with Crippen LogP contribution < -0.4 is 36.5 Å². The number of nitrogens with one attached hydrogen (secondary N) is 4. The van der Waals surface area contributed by atoms with E-state index in [1.165, 1.54) is 21.6 Å². The number of benzene rings is 3. The fourth-order valence-corrected chi connectivity index (χ4v) is 11.0. The van der Waals surface area contributed by atoms with Gasteiger partial charge in [-0.1, -0.05) is 83.4 Å². The van der Waals surface area contributed by atoms with E-state index in [1.807, 2.05) is 87.5 Å². The van der Waals surface area contributed by atoms with Gasteiger partial charge >= 0.3 is 0 Å². The van der Waals surface area contributed by atoms with Crippen LogP contribution >= 0.6 is 11.3 Å². The van der Waals surface area contributed by atoms with E-state index >= 15 is 0 Å². The molecule has 0 spiro atoms. The first-order valence-electron chi connectivity index (χ1n) is 27.4. The number of methoxy groups -OCH3 is 1. The number of hydrogen-bond donors (Lipinski definition) is 5. The van der Waals surface area contributed by atoms with E-state index < -0.39 is 23.6 Å². The lowest BCUT2D eigenvalue weighted by Crippen LogP contribution is -2.57. The van der Waals surface area contributed by atoms with Crippen LogP contribution in [0.5, 0.6) is 5.75 Å². The monoisotopic (exact) mass is 1110 g/mol. The summed E-state index contributed by atoms with van der Waals surface area (Å²) in [6, 6.07) is 20.4. The van der Waals surface area contributed by atoms with Crippen molar-refractivity contribution < 1.29 is 33.8 Å². The molecule has 422 valence electrons. The van der Waals surface area contributed by atoms with E-state index in [9.17, 15) is 33.9 Å². The number of β-amino-alcohol motifs (C(OH)–C–C–N with tert-alkyl or cyclic N) is 1. The molecular formula is C60H73N11O8S. The lowest BCUT2D eigenvalue weighted by Gasteiger charge is -2.36. The van der Waals surface area contributed by atoms with Gasteiger partial charge in [-0.15, -0.1) is 11.3 Å². The summed E-state index contributed by atoms with van der Waals surface area (Å²) >= 11 is 1.58. The lowest BCUT2D eigenvalue weighted by atomic mass is 9.85. The Morgan fingerprint density at radius 1 is 0.887 bits per heavy atom. The first-order valence-corrected chi connectivity index (χ1v) is 28.2. The molecule has 0 aliphatic carbocycles. The van der Waals surface area contributed by atoms with E-state index in [-0.39, 0.29) is 67.0 Å². The van der Waals surface area contributed by atoms with Crippen molar-refractivity contribution >= 4 is 74.9 Å². The third kappa shape index (κ3) is 14.4. The molecule has 2 aliphatic rings. The van der Waals surface area contributed by atoms with Crippen LogP contribution in [0.4, 0.5) is 23.0 Å². The predicted molar refractivity (Wildman–Crippen MR) is 312 cm³/mol. The van der Waals surface area contributed by atoms with E-state index in [2.05, 4.69) is 42.7 Å². The number of amides is 5. The van der Waals surface area contributed by atoms with Crippen LogP contribution in [0.25, 0.3) is 27.2 Å². The standard InChI is InChI=1S/C60H73N11O8S/c1-8-50(73)64-42-16-15-17-44(31-42)71-53(76)30-38(2)46-35-62-59(67-56(46)71)65-47-25-24-43(32-49(47)79-7)68-26-28-69(29-27-68)52(75)19-14-12-10-9-11-13-18-51(74)66-55(60(4,5)6)58(78)70-36-45(72)33-48(70)57(77)61-34-40-20-22-41(23-21-40)54-39(3)63-37-80-54/h8,15-17,20-25,30-32,35,37,45,48,55,72H,1,9-14,18-19,26-29,33-34,36H2,2-7H3,(H,61,77)(H,64,73)(H,66,74)(H,62,65,67). The number of ether oxygens (including phenoxy) is 1. The molecule has 3 unspecified atom stereocenters. The Labute approximate surface area is 470 Å². The molecule has 6 aromatic rings. The number of aromatic nitrogens is 4. The van der Waals surface area contributed by atoms with Crippen LogP contribution in [0, 0.1) is 19.3 Å². The number of hydrogen-bond acceptors (Lipinski definition) is 14. The SMILES string of the molecule is C=CC(=O)Nc1cccc(-n2c(=O)cc(C)c3cnc(Nc4ccc(N5CCN(C(=O)CCCCCCCCC(=O)NC(C(=O)N6CC(O)CC6C(=O)NCc6ccc(-c7scnc7C)cc6)C(C)(C)C)CC5)cc4OC)nc32)c1. The molecule has 80 heavy (non-hydrogen) atoms. The van der Waals surface area contributed by atoms with E-state index in [0.29, 0.717) is 72.9 Å². The predicted octanol–water partition coefficient (Wildman–Crippen LogP) is 7.98. The summed E-state index contributed by atoms with van der Waals surface area (Å²) in [7, 11) is 1.59. The van der Waals surface area contributed by atoms with Gasteiger partial charge in [-0.25, -0.2) is 9.97 Å². The Bertz CT molecular complexity index is 3270. The van der Waals surface area contributed by atoms with Gasteiger partial charge in [0.25, 0.3) is 5.56 Å². The summed E-state index contributed by atoms with van der Waals surface area (Å²) in [5, 5.41) is 23.2. The number of fused-ring (bicyclic) bond motifs is 1. The molecule has 3 aromatic carbocycles. The molecule has 5 N–H and O–H groups in total. The number of piperazine rings is 1. The molecule has 3 aromatic heterocycles. The molecule has 3 atom stereocenters.